The van der Waals surface area contributed by atoms with Crippen LogP contribution in [0.4, 0.5) is 0 Å². The summed E-state index contributed by atoms with van der Waals surface area (Å²) in [6, 6.07) is 19.8. The number of fused-ring (bicyclic) bond motifs is 1. The molecule has 0 N–H and O–H groups in total. The van der Waals surface area contributed by atoms with Gasteiger partial charge in [0.05, 0.1) is 24.7 Å². The molecule has 0 saturated carbocycles. The maximum atomic E-state index is 12.9. The van der Waals surface area contributed by atoms with Gasteiger partial charge >= 0.3 is 11.9 Å². The van der Waals surface area contributed by atoms with Crippen molar-refractivity contribution in [2.24, 2.45) is 0 Å². The van der Waals surface area contributed by atoms with Crippen molar-refractivity contribution >= 4 is 22.9 Å². The number of carbonyl (C=O) groups is 2. The Labute approximate surface area is 200 Å². The van der Waals surface area contributed by atoms with E-state index in [9.17, 15) is 14.4 Å². The van der Waals surface area contributed by atoms with Crippen molar-refractivity contribution in [2.75, 3.05) is 13.7 Å². The highest BCUT2D eigenvalue weighted by atomic mass is 16.6. The molecule has 1 heterocycles. The molecule has 4 rings (SSSR count). The third-order valence-corrected chi connectivity index (χ3v) is 5.07. The van der Waals surface area contributed by atoms with E-state index in [4.69, 9.17) is 18.6 Å². The molecule has 1 aromatic heterocycles. The number of hydrogen-bond donors (Lipinski definition) is 0. The first kappa shape index (κ1) is 23.6. The fourth-order valence-electron chi connectivity index (χ4n) is 3.37. The van der Waals surface area contributed by atoms with Gasteiger partial charge < -0.3 is 23.4 Å². The second kappa shape index (κ2) is 10.6. The van der Waals surface area contributed by atoms with Crippen LogP contribution >= 0.6 is 0 Å². The van der Waals surface area contributed by atoms with Crippen LogP contribution in [0.5, 0.6) is 17.2 Å². The average Bonchev–Trinajstić information content (AvgIpc) is 2.89. The van der Waals surface area contributed by atoms with Gasteiger partial charge in [-0.1, -0.05) is 30.3 Å². The molecule has 8 heteroatoms. The van der Waals surface area contributed by atoms with Crippen LogP contribution in [0.25, 0.3) is 11.0 Å². The van der Waals surface area contributed by atoms with Crippen LogP contribution < -0.4 is 14.9 Å². The molecule has 0 aliphatic heterocycles. The zero-order valence-electron chi connectivity index (χ0n) is 19.1. The summed E-state index contributed by atoms with van der Waals surface area (Å²) in [5, 5.41) is 0.272. The van der Waals surface area contributed by atoms with E-state index >= 15 is 0 Å². The van der Waals surface area contributed by atoms with Crippen molar-refractivity contribution in [1.82, 2.24) is 0 Å². The zero-order chi connectivity index (χ0) is 24.8. The van der Waals surface area contributed by atoms with Gasteiger partial charge in [0.2, 0.25) is 17.3 Å². The summed E-state index contributed by atoms with van der Waals surface area (Å²) >= 11 is 0. The van der Waals surface area contributed by atoms with Crippen LogP contribution in [-0.2, 0) is 14.3 Å². The van der Waals surface area contributed by atoms with Crippen molar-refractivity contribution < 1.29 is 33.0 Å². The third-order valence-electron chi connectivity index (χ3n) is 5.07. The Hall–Kier alpha value is -4.59. The summed E-state index contributed by atoms with van der Waals surface area (Å²) in [7, 11) is 1.29. The lowest BCUT2D eigenvalue weighted by Crippen LogP contribution is -2.21. The van der Waals surface area contributed by atoms with Gasteiger partial charge in [0, 0.05) is 11.6 Å². The van der Waals surface area contributed by atoms with E-state index in [0.717, 1.165) is 0 Å². The Kier molecular flexibility index (Phi) is 7.11. The number of hydrogen-bond acceptors (Lipinski definition) is 8. The number of methoxy groups -OCH3 is 1. The summed E-state index contributed by atoms with van der Waals surface area (Å²) in [4.78, 5) is 37.0. The van der Waals surface area contributed by atoms with Crippen LogP contribution in [0.2, 0.25) is 0 Å². The minimum atomic E-state index is -0.976. The molecule has 0 spiro atoms. The number of benzene rings is 3. The van der Waals surface area contributed by atoms with E-state index in [1.165, 1.54) is 37.6 Å². The Morgan fingerprint density at radius 2 is 1.66 bits per heavy atom. The summed E-state index contributed by atoms with van der Waals surface area (Å²) in [5.74, 6) is -0.343. The van der Waals surface area contributed by atoms with Crippen molar-refractivity contribution in [3.05, 3.63) is 100 Å². The van der Waals surface area contributed by atoms with E-state index < -0.39 is 18.0 Å². The van der Waals surface area contributed by atoms with Crippen molar-refractivity contribution in [3.63, 3.8) is 0 Å². The van der Waals surface area contributed by atoms with Crippen LogP contribution in [0.15, 0.2) is 88.3 Å². The molecule has 1 atom stereocenters. The molecule has 8 nitrogen and oxygen atoms in total. The first-order valence-electron chi connectivity index (χ1n) is 10.8. The molecule has 0 saturated heterocycles. The smallest absolute Gasteiger partial charge is 0.352 e. The standard InChI is InChI=1S/C27H22O8/c1-3-32-27(30)25(17-7-5-4-6-8-17)35-20-13-14-21-22(15-20)33-16-23(24(21)28)34-19-11-9-18(10-12-19)26(29)31-2/h4-16,25H,3H2,1-2H3. The predicted molar refractivity (Wildman–Crippen MR) is 127 cm³/mol. The summed E-state index contributed by atoms with van der Waals surface area (Å²) in [6.45, 7) is 1.93. The first-order valence-corrected chi connectivity index (χ1v) is 10.8. The maximum Gasteiger partial charge on any atom is 0.352 e. The zero-order valence-corrected chi connectivity index (χ0v) is 19.1. The molecule has 35 heavy (non-hydrogen) atoms. The predicted octanol–water partition coefficient (Wildman–Crippen LogP) is 5.06. The summed E-state index contributed by atoms with van der Waals surface area (Å²) in [6.07, 6.45) is 0.221. The fraction of sp³-hybridized carbons (Fsp3) is 0.148. The Morgan fingerprint density at radius 1 is 0.943 bits per heavy atom. The Morgan fingerprint density at radius 3 is 2.34 bits per heavy atom. The molecule has 178 valence electrons. The van der Waals surface area contributed by atoms with Crippen molar-refractivity contribution in [2.45, 2.75) is 13.0 Å². The molecule has 0 radical (unpaired) electrons. The minimum Gasteiger partial charge on any atom is -0.474 e. The van der Waals surface area contributed by atoms with Gasteiger partial charge in [-0.3, -0.25) is 4.79 Å². The molecule has 1 unspecified atom stereocenters. The van der Waals surface area contributed by atoms with Crippen molar-refractivity contribution in [3.8, 4) is 17.2 Å². The second-order valence-corrected chi connectivity index (χ2v) is 7.37. The number of carbonyl (C=O) groups excluding carboxylic acids is 2. The van der Waals surface area contributed by atoms with E-state index in [0.29, 0.717) is 22.6 Å². The van der Waals surface area contributed by atoms with Crippen LogP contribution in [0, 0.1) is 0 Å². The highest BCUT2D eigenvalue weighted by molar-refractivity contribution is 5.89. The van der Waals surface area contributed by atoms with E-state index in [1.54, 1.807) is 49.4 Å². The highest BCUT2D eigenvalue weighted by Crippen LogP contribution is 2.28. The van der Waals surface area contributed by atoms with Gasteiger partial charge in [0.15, 0.2) is 0 Å². The molecule has 3 aromatic carbocycles. The second-order valence-electron chi connectivity index (χ2n) is 7.37. The van der Waals surface area contributed by atoms with E-state index in [2.05, 4.69) is 4.74 Å². The van der Waals surface area contributed by atoms with Crippen molar-refractivity contribution in [1.29, 1.82) is 0 Å². The van der Waals surface area contributed by atoms with Gasteiger partial charge in [-0.2, -0.15) is 0 Å². The average molecular weight is 474 g/mol. The Bertz CT molecular complexity index is 1390. The number of rotatable bonds is 8. The van der Waals surface area contributed by atoms with Crippen LogP contribution in [-0.4, -0.2) is 25.7 Å². The molecule has 0 bridgehead atoms. The third kappa shape index (κ3) is 5.33. The summed E-state index contributed by atoms with van der Waals surface area (Å²) < 4.78 is 27.0. The number of esters is 2. The van der Waals surface area contributed by atoms with E-state index in [-0.39, 0.29) is 28.8 Å². The lowest BCUT2D eigenvalue weighted by Gasteiger charge is -2.18. The first-order chi connectivity index (χ1) is 17.0. The summed E-state index contributed by atoms with van der Waals surface area (Å²) in [5.41, 5.74) is 0.862. The van der Waals surface area contributed by atoms with Crippen LogP contribution in [0.3, 0.4) is 0 Å². The molecule has 4 aromatic rings. The lowest BCUT2D eigenvalue weighted by molar-refractivity contribution is -0.151. The molecule has 0 amide bonds. The minimum absolute atomic E-state index is 0.0225. The van der Waals surface area contributed by atoms with Gasteiger partial charge in [-0.15, -0.1) is 0 Å². The van der Waals surface area contributed by atoms with Gasteiger partial charge in [-0.05, 0) is 43.3 Å². The normalized spacial score (nSPS) is 11.5. The Balaban J connectivity index is 1.58. The van der Waals surface area contributed by atoms with Gasteiger partial charge in [-0.25, -0.2) is 9.59 Å². The van der Waals surface area contributed by atoms with Gasteiger partial charge in [0.1, 0.15) is 23.3 Å². The fourth-order valence-corrected chi connectivity index (χ4v) is 3.37. The number of ether oxygens (including phenoxy) is 4. The largest absolute Gasteiger partial charge is 0.474 e. The molecule has 0 aliphatic carbocycles. The topological polar surface area (TPSA) is 101 Å². The molecule has 0 aliphatic rings. The van der Waals surface area contributed by atoms with E-state index in [1.807, 2.05) is 6.07 Å². The van der Waals surface area contributed by atoms with Crippen LogP contribution in [0.1, 0.15) is 28.9 Å². The monoisotopic (exact) mass is 474 g/mol. The van der Waals surface area contributed by atoms with Gasteiger partial charge in [0.25, 0.3) is 0 Å². The molecule has 0 fully saturated rings. The molecular weight excluding hydrogens is 452 g/mol. The molecular formula is C27H22O8. The maximum absolute atomic E-state index is 12.9. The highest BCUT2D eigenvalue weighted by Gasteiger charge is 2.24. The SMILES string of the molecule is CCOC(=O)C(Oc1ccc2c(=O)c(Oc3ccc(C(=O)OC)cc3)coc2c1)c1ccccc1. The lowest BCUT2D eigenvalue weighted by atomic mass is 10.1. The quantitative estimate of drug-likeness (QED) is 0.327.